The molecule has 2 heterocycles. The van der Waals surface area contributed by atoms with Crippen LogP contribution in [0.3, 0.4) is 0 Å². The van der Waals surface area contributed by atoms with Gasteiger partial charge in [-0.3, -0.25) is 9.59 Å². The minimum absolute atomic E-state index is 0.220. The van der Waals surface area contributed by atoms with Gasteiger partial charge in [0.05, 0.1) is 12.8 Å². The number of aromatic nitrogens is 2. The second-order valence-corrected chi connectivity index (χ2v) is 6.42. The van der Waals surface area contributed by atoms with Gasteiger partial charge in [-0.2, -0.15) is 0 Å². The van der Waals surface area contributed by atoms with Crippen molar-refractivity contribution in [3.63, 3.8) is 0 Å². The molecular formula is C18H20ClN5O3. The highest BCUT2D eigenvalue weighted by molar-refractivity contribution is 6.31. The molecule has 1 aliphatic rings. The Labute approximate surface area is 162 Å². The van der Waals surface area contributed by atoms with Crippen molar-refractivity contribution in [2.45, 2.75) is 6.42 Å². The number of anilines is 2. The summed E-state index contributed by atoms with van der Waals surface area (Å²) in [6.07, 6.45) is 3.14. The zero-order valence-electron chi connectivity index (χ0n) is 14.9. The van der Waals surface area contributed by atoms with E-state index in [1.54, 1.807) is 41.6 Å². The maximum Gasteiger partial charge on any atom is 0.233 e. The lowest BCUT2D eigenvalue weighted by atomic mass is 10.2. The second-order valence-electron chi connectivity index (χ2n) is 5.99. The van der Waals surface area contributed by atoms with Crippen molar-refractivity contribution in [1.29, 1.82) is 0 Å². The van der Waals surface area contributed by atoms with Gasteiger partial charge in [-0.25, -0.2) is 9.97 Å². The van der Waals surface area contributed by atoms with E-state index >= 15 is 0 Å². The van der Waals surface area contributed by atoms with Crippen LogP contribution in [0, 0.1) is 0 Å². The molecule has 0 atom stereocenters. The van der Waals surface area contributed by atoms with Crippen LogP contribution in [0.15, 0.2) is 36.7 Å². The van der Waals surface area contributed by atoms with E-state index in [0.717, 1.165) is 0 Å². The normalized spacial score (nSPS) is 14.0. The number of methoxy groups -OCH3 is 1. The van der Waals surface area contributed by atoms with Crippen LogP contribution in [0.5, 0.6) is 5.75 Å². The average molecular weight is 390 g/mol. The number of hydrogen-bond donors (Lipinski definition) is 1. The first-order valence-corrected chi connectivity index (χ1v) is 8.88. The van der Waals surface area contributed by atoms with Gasteiger partial charge in [0.2, 0.25) is 17.8 Å². The Balaban J connectivity index is 1.52. The van der Waals surface area contributed by atoms with Crippen molar-refractivity contribution in [2.24, 2.45) is 0 Å². The minimum atomic E-state index is -0.408. The minimum Gasteiger partial charge on any atom is -0.495 e. The number of piperazine rings is 1. The Morgan fingerprint density at radius 1 is 1.19 bits per heavy atom. The van der Waals surface area contributed by atoms with Crippen LogP contribution in [-0.2, 0) is 9.59 Å². The van der Waals surface area contributed by atoms with Gasteiger partial charge in [-0.05, 0) is 24.3 Å². The lowest BCUT2D eigenvalue weighted by molar-refractivity contribution is -0.134. The predicted molar refractivity (Wildman–Crippen MR) is 102 cm³/mol. The monoisotopic (exact) mass is 389 g/mol. The van der Waals surface area contributed by atoms with E-state index in [0.29, 0.717) is 48.6 Å². The molecule has 1 saturated heterocycles. The molecule has 0 bridgehead atoms. The Kier molecular flexibility index (Phi) is 6.08. The summed E-state index contributed by atoms with van der Waals surface area (Å²) in [5.74, 6) is 0.503. The summed E-state index contributed by atoms with van der Waals surface area (Å²) in [7, 11) is 1.50. The Morgan fingerprint density at radius 3 is 2.56 bits per heavy atom. The van der Waals surface area contributed by atoms with Crippen LogP contribution in [0.25, 0.3) is 0 Å². The zero-order valence-corrected chi connectivity index (χ0v) is 15.6. The highest BCUT2D eigenvalue weighted by Crippen LogP contribution is 2.27. The van der Waals surface area contributed by atoms with E-state index in [-0.39, 0.29) is 12.3 Å². The van der Waals surface area contributed by atoms with Gasteiger partial charge >= 0.3 is 0 Å². The van der Waals surface area contributed by atoms with Gasteiger partial charge in [0, 0.05) is 43.6 Å². The van der Waals surface area contributed by atoms with Crippen LogP contribution in [0.4, 0.5) is 11.6 Å². The van der Waals surface area contributed by atoms with Crippen molar-refractivity contribution < 1.29 is 14.3 Å². The molecule has 142 valence electrons. The summed E-state index contributed by atoms with van der Waals surface area (Å²) in [5.41, 5.74) is 0.439. The van der Waals surface area contributed by atoms with Gasteiger partial charge in [0.15, 0.2) is 0 Å². The van der Waals surface area contributed by atoms with E-state index in [1.165, 1.54) is 7.11 Å². The Morgan fingerprint density at radius 2 is 1.89 bits per heavy atom. The molecule has 2 amide bonds. The molecule has 0 saturated carbocycles. The predicted octanol–water partition coefficient (Wildman–Crippen LogP) is 1.82. The first-order valence-electron chi connectivity index (χ1n) is 8.50. The van der Waals surface area contributed by atoms with E-state index in [1.807, 2.05) is 4.90 Å². The van der Waals surface area contributed by atoms with E-state index in [2.05, 4.69) is 15.3 Å². The maximum absolute atomic E-state index is 12.4. The summed E-state index contributed by atoms with van der Waals surface area (Å²) in [6, 6.07) is 6.67. The van der Waals surface area contributed by atoms with E-state index in [9.17, 15) is 9.59 Å². The number of halogens is 1. The van der Waals surface area contributed by atoms with Crippen LogP contribution >= 0.6 is 11.6 Å². The number of ether oxygens (including phenoxy) is 1. The smallest absolute Gasteiger partial charge is 0.233 e. The van der Waals surface area contributed by atoms with Crippen molar-refractivity contribution in [2.75, 3.05) is 43.5 Å². The number of amides is 2. The average Bonchev–Trinajstić information content (AvgIpc) is 2.69. The van der Waals surface area contributed by atoms with Crippen molar-refractivity contribution >= 4 is 35.1 Å². The molecule has 2 aromatic rings. The summed E-state index contributed by atoms with van der Waals surface area (Å²) < 4.78 is 5.19. The largest absolute Gasteiger partial charge is 0.495 e. The third-order valence-corrected chi connectivity index (χ3v) is 4.45. The molecule has 8 nitrogen and oxygen atoms in total. The fraction of sp³-hybridized carbons (Fsp3) is 0.333. The number of benzene rings is 1. The number of hydrogen-bond acceptors (Lipinski definition) is 6. The van der Waals surface area contributed by atoms with Crippen LogP contribution in [0.1, 0.15) is 6.42 Å². The first-order chi connectivity index (χ1) is 13.1. The molecule has 0 unspecified atom stereocenters. The summed E-state index contributed by atoms with van der Waals surface area (Å²) >= 11 is 5.95. The fourth-order valence-corrected chi connectivity index (χ4v) is 3.00. The van der Waals surface area contributed by atoms with Gasteiger partial charge in [-0.1, -0.05) is 11.6 Å². The van der Waals surface area contributed by atoms with E-state index in [4.69, 9.17) is 16.3 Å². The molecule has 27 heavy (non-hydrogen) atoms. The lowest BCUT2D eigenvalue weighted by Crippen LogP contribution is -2.49. The molecule has 0 spiro atoms. The molecule has 0 radical (unpaired) electrons. The summed E-state index contributed by atoms with van der Waals surface area (Å²) in [6.45, 7) is 2.29. The SMILES string of the molecule is COc1ccc(Cl)cc1NC(=O)CC(=O)N1CCN(c2ncccn2)CC1. The maximum atomic E-state index is 12.4. The van der Waals surface area contributed by atoms with Crippen molar-refractivity contribution in [1.82, 2.24) is 14.9 Å². The molecule has 9 heteroatoms. The van der Waals surface area contributed by atoms with Gasteiger partial charge in [0.1, 0.15) is 12.2 Å². The molecule has 1 fully saturated rings. The molecule has 1 N–H and O–H groups in total. The van der Waals surface area contributed by atoms with Crippen LogP contribution in [-0.4, -0.2) is 60.0 Å². The number of rotatable bonds is 5. The lowest BCUT2D eigenvalue weighted by Gasteiger charge is -2.34. The van der Waals surface area contributed by atoms with Gasteiger partial charge < -0.3 is 19.9 Å². The Hall–Kier alpha value is -2.87. The van der Waals surface area contributed by atoms with Crippen molar-refractivity contribution in [3.8, 4) is 5.75 Å². The third-order valence-electron chi connectivity index (χ3n) is 4.21. The molecule has 1 aliphatic heterocycles. The van der Waals surface area contributed by atoms with Gasteiger partial charge in [-0.15, -0.1) is 0 Å². The molecule has 3 rings (SSSR count). The number of nitrogens with one attached hydrogen (secondary N) is 1. The number of carbonyl (C=O) groups is 2. The standard InChI is InChI=1S/C18H20ClN5O3/c1-27-15-4-3-13(19)11-14(15)22-16(25)12-17(26)23-7-9-24(10-8-23)18-20-5-2-6-21-18/h2-6,11H,7-10,12H2,1H3,(H,22,25). The molecule has 1 aromatic heterocycles. The molecule has 0 aliphatic carbocycles. The quantitative estimate of drug-likeness (QED) is 0.785. The zero-order chi connectivity index (χ0) is 19.2. The van der Waals surface area contributed by atoms with Gasteiger partial charge in [0.25, 0.3) is 0 Å². The fourth-order valence-electron chi connectivity index (χ4n) is 2.83. The first kappa shape index (κ1) is 18.9. The molecular weight excluding hydrogens is 370 g/mol. The van der Waals surface area contributed by atoms with Crippen molar-refractivity contribution in [3.05, 3.63) is 41.7 Å². The Bertz CT molecular complexity index is 810. The highest BCUT2D eigenvalue weighted by Gasteiger charge is 2.24. The van der Waals surface area contributed by atoms with E-state index < -0.39 is 5.91 Å². The summed E-state index contributed by atoms with van der Waals surface area (Å²) in [4.78, 5) is 36.8. The number of carbonyl (C=O) groups excluding carboxylic acids is 2. The second kappa shape index (κ2) is 8.68. The number of nitrogens with zero attached hydrogens (tertiary/aromatic N) is 4. The third kappa shape index (κ3) is 4.85. The highest BCUT2D eigenvalue weighted by atomic mass is 35.5. The molecule has 1 aromatic carbocycles. The summed E-state index contributed by atoms with van der Waals surface area (Å²) in [5, 5.41) is 3.15. The van der Waals surface area contributed by atoms with Crippen LogP contribution in [0.2, 0.25) is 5.02 Å². The van der Waals surface area contributed by atoms with Crippen LogP contribution < -0.4 is 15.0 Å². The topological polar surface area (TPSA) is 87.7 Å².